The van der Waals surface area contributed by atoms with Crippen molar-refractivity contribution >= 4 is 28.3 Å². The smallest absolute Gasteiger partial charge is 0.0712 e. The first kappa shape index (κ1) is 29.8. The second kappa shape index (κ2) is 11.7. The molecule has 3 atom stereocenters. The molecule has 0 spiro atoms. The molecule has 0 fully saturated rings. The SMILES string of the molecule is CC12C=CC(C3=CC[C@H]4C(=C3)c3ccccc3N4c3cc(-c4ccccc4)cc(-c4ccccc4)c3)=CC1c1ccccc1N2c1ccccc1. The Morgan fingerprint density at radius 2 is 1.18 bits per heavy atom. The summed E-state index contributed by atoms with van der Waals surface area (Å²) in [6, 6.07) is 57.6. The van der Waals surface area contributed by atoms with Gasteiger partial charge < -0.3 is 9.80 Å². The molecule has 2 aliphatic carbocycles. The number of allylic oxidation sites excluding steroid dienone is 4. The minimum absolute atomic E-state index is 0.184. The van der Waals surface area contributed by atoms with Crippen LogP contribution in [0.5, 0.6) is 0 Å². The standard InChI is InChI=1S/C49H38N2/c1-49-28-27-37(33-45(49)43-22-12-14-24-48(43)51(49)40-19-9-4-10-20-40)36-25-26-47-44(32-36)42-21-11-13-23-46(42)50(47)41-30-38(34-15-5-2-6-16-34)29-39(31-41)35-17-7-3-8-18-35/h2-25,27-33,45,47H,26H2,1H3/t45?,47-,49?/m0/s1. The number of fused-ring (bicyclic) bond motifs is 6. The van der Waals surface area contributed by atoms with E-state index in [0.717, 1.165) is 6.42 Å². The van der Waals surface area contributed by atoms with Gasteiger partial charge in [0.15, 0.2) is 0 Å². The Balaban J connectivity index is 1.05. The highest BCUT2D eigenvalue weighted by Crippen LogP contribution is 2.56. The zero-order valence-electron chi connectivity index (χ0n) is 28.7. The van der Waals surface area contributed by atoms with Crippen LogP contribution in [0.2, 0.25) is 0 Å². The molecular formula is C49H38N2. The van der Waals surface area contributed by atoms with E-state index in [0.29, 0.717) is 0 Å². The van der Waals surface area contributed by atoms with Crippen LogP contribution < -0.4 is 9.80 Å². The zero-order valence-corrected chi connectivity index (χ0v) is 28.7. The summed E-state index contributed by atoms with van der Waals surface area (Å²) >= 11 is 0. The van der Waals surface area contributed by atoms with Crippen LogP contribution in [0.15, 0.2) is 199 Å². The van der Waals surface area contributed by atoms with Crippen LogP contribution in [0, 0.1) is 0 Å². The largest absolute Gasteiger partial charge is 0.333 e. The van der Waals surface area contributed by atoms with Crippen LogP contribution in [0.4, 0.5) is 22.7 Å². The molecule has 4 aliphatic rings. The molecule has 244 valence electrons. The number of hydrogen-bond acceptors (Lipinski definition) is 2. The van der Waals surface area contributed by atoms with Gasteiger partial charge >= 0.3 is 0 Å². The van der Waals surface area contributed by atoms with E-state index in [1.54, 1.807) is 0 Å². The average Bonchev–Trinajstić information content (AvgIpc) is 3.67. The molecule has 2 aliphatic heterocycles. The summed E-state index contributed by atoms with van der Waals surface area (Å²) < 4.78 is 0. The molecule has 0 radical (unpaired) electrons. The molecule has 6 aromatic rings. The summed E-state index contributed by atoms with van der Waals surface area (Å²) in [4.78, 5) is 5.11. The molecule has 0 aromatic heterocycles. The van der Waals surface area contributed by atoms with E-state index in [4.69, 9.17) is 0 Å². The minimum Gasteiger partial charge on any atom is -0.333 e. The predicted molar refractivity (Wildman–Crippen MR) is 214 cm³/mol. The maximum atomic E-state index is 2.58. The third-order valence-electron chi connectivity index (χ3n) is 11.3. The molecule has 0 bridgehead atoms. The van der Waals surface area contributed by atoms with Gasteiger partial charge in [0, 0.05) is 34.2 Å². The Morgan fingerprint density at radius 3 is 1.88 bits per heavy atom. The van der Waals surface area contributed by atoms with Gasteiger partial charge in [0.05, 0.1) is 11.6 Å². The van der Waals surface area contributed by atoms with E-state index in [-0.39, 0.29) is 17.5 Å². The average molecular weight is 655 g/mol. The molecule has 2 heterocycles. The minimum atomic E-state index is -0.184. The van der Waals surface area contributed by atoms with E-state index in [1.807, 2.05) is 0 Å². The molecular weight excluding hydrogens is 617 g/mol. The van der Waals surface area contributed by atoms with E-state index < -0.39 is 0 Å². The van der Waals surface area contributed by atoms with Gasteiger partial charge in [0.1, 0.15) is 0 Å². The summed E-state index contributed by atoms with van der Waals surface area (Å²) in [6.45, 7) is 2.39. The number of rotatable bonds is 5. The zero-order chi connectivity index (χ0) is 33.9. The summed E-state index contributed by atoms with van der Waals surface area (Å²) in [5.41, 5.74) is 16.5. The fraction of sp³-hybridized carbons (Fsp3) is 0.102. The van der Waals surface area contributed by atoms with Gasteiger partial charge in [-0.1, -0.05) is 140 Å². The van der Waals surface area contributed by atoms with Gasteiger partial charge in [-0.25, -0.2) is 0 Å². The summed E-state index contributed by atoms with van der Waals surface area (Å²) in [6.07, 6.45) is 13.2. The number of anilines is 4. The fourth-order valence-corrected chi connectivity index (χ4v) is 8.94. The highest BCUT2D eigenvalue weighted by Gasteiger charge is 2.48. The fourth-order valence-electron chi connectivity index (χ4n) is 8.94. The van der Waals surface area contributed by atoms with E-state index in [1.165, 1.54) is 72.8 Å². The molecule has 2 unspecified atom stereocenters. The first-order valence-electron chi connectivity index (χ1n) is 18.1. The van der Waals surface area contributed by atoms with Gasteiger partial charge in [0.2, 0.25) is 0 Å². The highest BCUT2D eigenvalue weighted by molar-refractivity contribution is 5.96. The Labute approximate surface area is 300 Å². The van der Waals surface area contributed by atoms with Crippen LogP contribution in [0.1, 0.15) is 30.4 Å². The maximum Gasteiger partial charge on any atom is 0.0712 e. The van der Waals surface area contributed by atoms with Gasteiger partial charge in [-0.15, -0.1) is 0 Å². The molecule has 0 N–H and O–H groups in total. The van der Waals surface area contributed by atoms with Crippen LogP contribution in [0.25, 0.3) is 27.8 Å². The quantitative estimate of drug-likeness (QED) is 0.183. The van der Waals surface area contributed by atoms with E-state index >= 15 is 0 Å². The van der Waals surface area contributed by atoms with Crippen molar-refractivity contribution in [3.63, 3.8) is 0 Å². The number of nitrogens with zero attached hydrogens (tertiary/aromatic N) is 2. The van der Waals surface area contributed by atoms with E-state index in [9.17, 15) is 0 Å². The molecule has 51 heavy (non-hydrogen) atoms. The van der Waals surface area contributed by atoms with Crippen molar-refractivity contribution in [3.05, 3.63) is 210 Å². The lowest BCUT2D eigenvalue weighted by atomic mass is 9.76. The lowest BCUT2D eigenvalue weighted by Crippen LogP contribution is -2.42. The second-order valence-electron chi connectivity index (χ2n) is 14.3. The van der Waals surface area contributed by atoms with Crippen molar-refractivity contribution in [1.29, 1.82) is 0 Å². The van der Waals surface area contributed by atoms with Crippen molar-refractivity contribution in [2.45, 2.75) is 30.8 Å². The lowest BCUT2D eigenvalue weighted by molar-refractivity contribution is 0.540. The summed E-state index contributed by atoms with van der Waals surface area (Å²) in [5, 5.41) is 0. The van der Waals surface area contributed by atoms with Gasteiger partial charge in [0.25, 0.3) is 0 Å². The monoisotopic (exact) mass is 654 g/mol. The Morgan fingerprint density at radius 1 is 0.569 bits per heavy atom. The Kier molecular flexibility index (Phi) is 6.86. The van der Waals surface area contributed by atoms with Crippen molar-refractivity contribution in [2.75, 3.05) is 9.80 Å². The number of benzene rings is 6. The number of hydrogen-bond donors (Lipinski definition) is 0. The molecule has 0 amide bonds. The lowest BCUT2D eigenvalue weighted by Gasteiger charge is -2.40. The molecule has 0 saturated carbocycles. The predicted octanol–water partition coefficient (Wildman–Crippen LogP) is 12.4. The first-order chi connectivity index (χ1) is 25.2. The number of para-hydroxylation sites is 3. The normalized spacial score (nSPS) is 21.2. The topological polar surface area (TPSA) is 6.48 Å². The third-order valence-corrected chi connectivity index (χ3v) is 11.3. The van der Waals surface area contributed by atoms with E-state index in [2.05, 4.69) is 205 Å². The highest BCUT2D eigenvalue weighted by atomic mass is 15.2. The molecule has 0 saturated heterocycles. The summed E-state index contributed by atoms with van der Waals surface area (Å²) in [7, 11) is 0. The summed E-state index contributed by atoms with van der Waals surface area (Å²) in [5.74, 6) is 0.246. The van der Waals surface area contributed by atoms with Crippen molar-refractivity contribution in [1.82, 2.24) is 0 Å². The third kappa shape index (κ3) is 4.78. The van der Waals surface area contributed by atoms with Crippen LogP contribution in [-0.4, -0.2) is 11.6 Å². The molecule has 6 aromatic carbocycles. The van der Waals surface area contributed by atoms with Gasteiger partial charge in [-0.2, -0.15) is 0 Å². The molecule has 2 nitrogen and oxygen atoms in total. The Bertz CT molecular complexity index is 2360. The molecule has 10 rings (SSSR count). The maximum absolute atomic E-state index is 2.58. The first-order valence-corrected chi connectivity index (χ1v) is 18.1. The van der Waals surface area contributed by atoms with Crippen molar-refractivity contribution < 1.29 is 0 Å². The Hall–Kier alpha value is -6.12. The van der Waals surface area contributed by atoms with Crippen molar-refractivity contribution in [3.8, 4) is 22.3 Å². The van der Waals surface area contributed by atoms with Crippen LogP contribution >= 0.6 is 0 Å². The van der Waals surface area contributed by atoms with Crippen molar-refractivity contribution in [2.24, 2.45) is 0 Å². The van der Waals surface area contributed by atoms with Gasteiger partial charge in [-0.05, 0) is 106 Å². The van der Waals surface area contributed by atoms with Crippen LogP contribution in [0.3, 0.4) is 0 Å². The second-order valence-corrected chi connectivity index (χ2v) is 14.3. The van der Waals surface area contributed by atoms with Crippen LogP contribution in [-0.2, 0) is 0 Å². The van der Waals surface area contributed by atoms with Gasteiger partial charge in [-0.3, -0.25) is 0 Å². The molecule has 2 heteroatoms.